The number of pyridine rings is 1. The van der Waals surface area contributed by atoms with E-state index in [1.807, 2.05) is 6.20 Å². The van der Waals surface area contributed by atoms with Gasteiger partial charge in [0.05, 0.1) is 0 Å². The highest BCUT2D eigenvalue weighted by Gasteiger charge is 2.36. The van der Waals surface area contributed by atoms with E-state index in [4.69, 9.17) is 5.73 Å². The van der Waals surface area contributed by atoms with Crippen LogP contribution in [0.4, 0.5) is 8.78 Å². The molecule has 1 aromatic rings. The largest absolute Gasteiger partial charge is 0.329 e. The number of piperidine rings is 1. The number of hydrogen-bond acceptors (Lipinski definition) is 3. The Hall–Kier alpha value is -1.07. The molecule has 2 fully saturated rings. The lowest BCUT2D eigenvalue weighted by atomic mass is 9.98. The van der Waals surface area contributed by atoms with Crippen LogP contribution in [0, 0.1) is 0 Å². The van der Waals surface area contributed by atoms with Crippen molar-refractivity contribution in [1.29, 1.82) is 0 Å². The molecule has 122 valence electrons. The van der Waals surface area contributed by atoms with E-state index in [2.05, 4.69) is 22.9 Å². The first-order valence-corrected chi connectivity index (χ1v) is 8.34. The van der Waals surface area contributed by atoms with E-state index < -0.39 is 5.92 Å². The third kappa shape index (κ3) is 3.30. The third-order valence-corrected chi connectivity index (χ3v) is 4.95. The number of nitrogens with zero attached hydrogens (tertiary/aromatic N) is 2. The summed E-state index contributed by atoms with van der Waals surface area (Å²) < 4.78 is 26.7. The Balaban J connectivity index is 1.78. The first kappa shape index (κ1) is 15.8. The van der Waals surface area contributed by atoms with Crippen molar-refractivity contribution >= 4 is 0 Å². The molecule has 1 aliphatic carbocycles. The van der Waals surface area contributed by atoms with Crippen molar-refractivity contribution in [3.63, 3.8) is 0 Å². The Kier molecular flexibility index (Phi) is 4.46. The molecule has 0 aromatic carbocycles. The predicted molar refractivity (Wildman–Crippen MR) is 83.1 cm³/mol. The number of hydrogen-bond donors (Lipinski definition) is 1. The first-order valence-electron chi connectivity index (χ1n) is 8.34. The summed E-state index contributed by atoms with van der Waals surface area (Å²) in [5.41, 5.74) is 9.55. The Morgan fingerprint density at radius 2 is 2.05 bits per heavy atom. The van der Waals surface area contributed by atoms with Gasteiger partial charge in [0.25, 0.3) is 5.92 Å². The van der Waals surface area contributed by atoms with Crippen LogP contribution in [0.2, 0.25) is 0 Å². The van der Waals surface area contributed by atoms with Crippen molar-refractivity contribution in [2.45, 2.75) is 56.9 Å². The summed E-state index contributed by atoms with van der Waals surface area (Å²) in [6.07, 6.45) is 5.20. The molecule has 1 unspecified atom stereocenters. The molecule has 2 heterocycles. The summed E-state index contributed by atoms with van der Waals surface area (Å²) >= 11 is 0. The minimum atomic E-state index is -2.52. The van der Waals surface area contributed by atoms with Crippen LogP contribution in [0.25, 0.3) is 0 Å². The van der Waals surface area contributed by atoms with Gasteiger partial charge in [-0.3, -0.25) is 9.88 Å². The zero-order valence-electron chi connectivity index (χ0n) is 13.2. The van der Waals surface area contributed by atoms with Crippen molar-refractivity contribution < 1.29 is 8.78 Å². The Morgan fingerprint density at radius 3 is 2.59 bits per heavy atom. The molecule has 0 spiro atoms. The summed E-state index contributed by atoms with van der Waals surface area (Å²) in [6, 6.07) is 2.20. The summed E-state index contributed by atoms with van der Waals surface area (Å²) in [7, 11) is 0. The molecule has 22 heavy (non-hydrogen) atoms. The topological polar surface area (TPSA) is 42.1 Å². The molecular weight excluding hydrogens is 284 g/mol. The third-order valence-electron chi connectivity index (χ3n) is 4.95. The van der Waals surface area contributed by atoms with Crippen molar-refractivity contribution in [3.05, 3.63) is 29.1 Å². The second-order valence-electron chi connectivity index (χ2n) is 6.58. The van der Waals surface area contributed by atoms with Crippen LogP contribution in [-0.4, -0.2) is 35.4 Å². The van der Waals surface area contributed by atoms with Crippen LogP contribution < -0.4 is 5.73 Å². The molecule has 2 N–H and O–H groups in total. The molecule has 3 rings (SSSR count). The maximum absolute atomic E-state index is 13.3. The van der Waals surface area contributed by atoms with Gasteiger partial charge in [-0.15, -0.1) is 0 Å². The van der Waals surface area contributed by atoms with Gasteiger partial charge < -0.3 is 5.73 Å². The monoisotopic (exact) mass is 309 g/mol. The highest BCUT2D eigenvalue weighted by Crippen LogP contribution is 2.41. The number of alkyl halides is 2. The zero-order chi connectivity index (χ0) is 15.7. The maximum atomic E-state index is 13.3. The van der Waals surface area contributed by atoms with Gasteiger partial charge in [0.1, 0.15) is 0 Å². The van der Waals surface area contributed by atoms with E-state index in [9.17, 15) is 8.78 Å². The van der Waals surface area contributed by atoms with Crippen molar-refractivity contribution in [2.75, 3.05) is 19.6 Å². The smallest absolute Gasteiger partial charge is 0.250 e. The van der Waals surface area contributed by atoms with Crippen molar-refractivity contribution in [2.24, 2.45) is 5.73 Å². The number of rotatable bonds is 5. The Bertz CT molecular complexity index is 519. The molecule has 0 amide bonds. The van der Waals surface area contributed by atoms with Gasteiger partial charge in [-0.25, -0.2) is 8.78 Å². The standard InChI is InChI=1S/C17H25F2N3/c1-2-12-9-14(11-21-16(12)13-3-4-13)15(10-20)22-7-5-17(18,19)6-8-22/h9,11,13,15H,2-8,10,20H2,1H3. The average Bonchev–Trinajstić information content (AvgIpc) is 3.34. The molecule has 0 bridgehead atoms. The van der Waals surface area contributed by atoms with Crippen molar-refractivity contribution in [3.8, 4) is 0 Å². The van der Waals surface area contributed by atoms with Crippen LogP contribution in [-0.2, 0) is 6.42 Å². The Labute approximate surface area is 130 Å². The van der Waals surface area contributed by atoms with Gasteiger partial charge in [0, 0.05) is 56.3 Å². The molecule has 1 aromatic heterocycles. The fourth-order valence-corrected chi connectivity index (χ4v) is 3.39. The van der Waals surface area contributed by atoms with Crippen LogP contribution >= 0.6 is 0 Å². The average molecular weight is 309 g/mol. The van der Waals surface area contributed by atoms with Crippen LogP contribution in [0.5, 0.6) is 0 Å². The molecule has 1 atom stereocenters. The normalized spacial score (nSPS) is 23.5. The Morgan fingerprint density at radius 1 is 1.36 bits per heavy atom. The van der Waals surface area contributed by atoms with Crippen LogP contribution in [0.15, 0.2) is 12.3 Å². The van der Waals surface area contributed by atoms with E-state index in [1.54, 1.807) is 0 Å². The van der Waals surface area contributed by atoms with Crippen LogP contribution in [0.3, 0.4) is 0 Å². The van der Waals surface area contributed by atoms with Gasteiger partial charge in [-0.05, 0) is 30.4 Å². The summed E-state index contributed by atoms with van der Waals surface area (Å²) in [5.74, 6) is -1.88. The van der Waals surface area contributed by atoms with E-state index in [-0.39, 0.29) is 18.9 Å². The summed E-state index contributed by atoms with van der Waals surface area (Å²) in [4.78, 5) is 6.76. The highest BCUT2D eigenvalue weighted by atomic mass is 19.3. The number of aromatic nitrogens is 1. The molecule has 1 saturated heterocycles. The van der Waals surface area contributed by atoms with E-state index in [0.717, 1.165) is 12.0 Å². The molecule has 0 radical (unpaired) electrons. The highest BCUT2D eigenvalue weighted by molar-refractivity contribution is 5.32. The predicted octanol–water partition coefficient (Wildman–Crippen LogP) is 3.25. The zero-order valence-corrected chi connectivity index (χ0v) is 13.2. The van der Waals surface area contributed by atoms with E-state index in [1.165, 1.54) is 24.1 Å². The van der Waals surface area contributed by atoms with Gasteiger partial charge >= 0.3 is 0 Å². The molecule has 2 aliphatic rings. The summed E-state index contributed by atoms with van der Waals surface area (Å²) in [5, 5.41) is 0. The van der Waals surface area contributed by atoms with E-state index in [0.29, 0.717) is 25.6 Å². The number of nitrogens with two attached hydrogens (primary N) is 1. The second kappa shape index (κ2) is 6.20. The van der Waals surface area contributed by atoms with Gasteiger partial charge in [-0.1, -0.05) is 13.0 Å². The minimum Gasteiger partial charge on any atom is -0.329 e. The van der Waals surface area contributed by atoms with Gasteiger partial charge in [0.2, 0.25) is 0 Å². The molecule has 1 aliphatic heterocycles. The molecule has 3 nitrogen and oxygen atoms in total. The van der Waals surface area contributed by atoms with Gasteiger partial charge in [0.15, 0.2) is 0 Å². The minimum absolute atomic E-state index is 0.00199. The number of aryl methyl sites for hydroxylation is 1. The summed E-state index contributed by atoms with van der Waals surface area (Å²) in [6.45, 7) is 3.39. The SMILES string of the molecule is CCc1cc(C(CN)N2CCC(F)(F)CC2)cnc1C1CC1. The lowest BCUT2D eigenvalue weighted by Crippen LogP contribution is -2.43. The molecule has 5 heteroatoms. The quantitative estimate of drug-likeness (QED) is 0.908. The number of halogens is 2. The maximum Gasteiger partial charge on any atom is 0.250 e. The van der Waals surface area contributed by atoms with Crippen LogP contribution in [0.1, 0.15) is 61.4 Å². The lowest BCUT2D eigenvalue weighted by molar-refractivity contribution is -0.0627. The number of likely N-dealkylation sites (tertiary alicyclic amines) is 1. The lowest BCUT2D eigenvalue weighted by Gasteiger charge is -2.37. The molecule has 1 saturated carbocycles. The van der Waals surface area contributed by atoms with E-state index >= 15 is 0 Å². The first-order chi connectivity index (χ1) is 10.5. The fourth-order valence-electron chi connectivity index (χ4n) is 3.39. The fraction of sp³-hybridized carbons (Fsp3) is 0.706. The van der Waals surface area contributed by atoms with Gasteiger partial charge in [-0.2, -0.15) is 0 Å². The second-order valence-corrected chi connectivity index (χ2v) is 6.58. The van der Waals surface area contributed by atoms with Crippen molar-refractivity contribution in [1.82, 2.24) is 9.88 Å². The molecular formula is C17H25F2N3.